The Kier molecular flexibility index (Phi) is 8.67. The summed E-state index contributed by atoms with van der Waals surface area (Å²) in [5, 5.41) is 12.7. The van der Waals surface area contributed by atoms with E-state index in [1.165, 1.54) is 11.3 Å². The summed E-state index contributed by atoms with van der Waals surface area (Å²) in [6.07, 6.45) is 5.04. The summed E-state index contributed by atoms with van der Waals surface area (Å²) < 4.78 is 20.8. The van der Waals surface area contributed by atoms with Crippen LogP contribution in [0.3, 0.4) is 0 Å². The average Bonchev–Trinajstić information content (AvgIpc) is 3.39. The zero-order chi connectivity index (χ0) is 24.6. The molecule has 3 atom stereocenters. The van der Waals surface area contributed by atoms with Crippen LogP contribution in [-0.2, 0) is 4.79 Å². The van der Waals surface area contributed by atoms with Crippen molar-refractivity contribution in [3.8, 4) is 17.6 Å². The van der Waals surface area contributed by atoms with E-state index >= 15 is 4.39 Å². The lowest BCUT2D eigenvalue weighted by molar-refractivity contribution is -0.137. The molecule has 3 aromatic rings. The molecule has 1 aromatic carbocycles. The van der Waals surface area contributed by atoms with Crippen LogP contribution in [0.1, 0.15) is 48.8 Å². The highest BCUT2D eigenvalue weighted by Gasteiger charge is 2.30. The monoisotopic (exact) mass is 495 g/mol. The van der Waals surface area contributed by atoms with Crippen molar-refractivity contribution in [3.63, 3.8) is 0 Å². The number of hydrogen-bond acceptors (Lipinski definition) is 6. The van der Waals surface area contributed by atoms with Crippen molar-refractivity contribution in [3.05, 3.63) is 52.6 Å². The largest absolute Gasteiger partial charge is 0.497 e. The number of alkyl halides is 1. The quantitative estimate of drug-likeness (QED) is 0.404. The highest BCUT2D eigenvalue weighted by Crippen LogP contribution is 2.36. The number of ether oxygens (including phenoxy) is 1. The standard InChI is InChI=1S/C27H30FN3O3S/c1-34-21-6-8-25-23(17-21)22(10-12-29-25)24(28)7-4-19-11-15-31(18-20(19)5-9-27(32)33)14-2-3-26-30-13-16-35-26/h6,8,10,12-13,16-17,19-20,24H,4-5,7,9,11,14-15,18H2,1H3,(H,32,33)/t19?,20?,24-/m0/s1. The summed E-state index contributed by atoms with van der Waals surface area (Å²) in [7, 11) is 1.60. The third kappa shape index (κ3) is 6.77. The maximum atomic E-state index is 15.5. The molecule has 6 nitrogen and oxygen atoms in total. The number of aliphatic carboxylic acids is 1. The van der Waals surface area contributed by atoms with E-state index in [0.717, 1.165) is 41.8 Å². The minimum absolute atomic E-state index is 0.133. The SMILES string of the molecule is COc1ccc2nccc([C@@H](F)CCC3CCN(CC#Cc4nccs4)CC3CCC(=O)O)c2c1. The molecule has 35 heavy (non-hydrogen) atoms. The highest BCUT2D eigenvalue weighted by molar-refractivity contribution is 7.10. The molecule has 1 saturated heterocycles. The van der Waals surface area contributed by atoms with Crippen LogP contribution in [0.15, 0.2) is 42.0 Å². The lowest BCUT2D eigenvalue weighted by Gasteiger charge is -2.38. The minimum Gasteiger partial charge on any atom is -0.497 e. The van der Waals surface area contributed by atoms with Crippen LogP contribution in [-0.4, -0.2) is 52.7 Å². The second-order valence-corrected chi connectivity index (χ2v) is 9.84. The lowest BCUT2D eigenvalue weighted by atomic mass is 9.79. The van der Waals surface area contributed by atoms with E-state index in [-0.39, 0.29) is 12.3 Å². The number of fused-ring (bicyclic) bond motifs is 1. The van der Waals surface area contributed by atoms with E-state index in [2.05, 4.69) is 26.7 Å². The number of likely N-dealkylation sites (tertiary alicyclic amines) is 1. The van der Waals surface area contributed by atoms with Crippen molar-refractivity contribution < 1.29 is 19.0 Å². The van der Waals surface area contributed by atoms with E-state index in [4.69, 9.17) is 4.74 Å². The number of carbonyl (C=O) groups is 1. The van der Waals surface area contributed by atoms with Crippen LogP contribution in [0.4, 0.5) is 4.39 Å². The maximum absolute atomic E-state index is 15.5. The molecule has 1 fully saturated rings. The Morgan fingerprint density at radius 3 is 2.94 bits per heavy atom. The molecule has 3 heterocycles. The fourth-order valence-corrected chi connectivity index (χ4v) is 5.39. The number of benzene rings is 1. The number of piperidine rings is 1. The van der Waals surface area contributed by atoms with E-state index in [9.17, 15) is 9.90 Å². The Bertz CT molecular complexity index is 1190. The minimum atomic E-state index is -1.12. The van der Waals surface area contributed by atoms with E-state index < -0.39 is 12.1 Å². The first-order valence-electron chi connectivity index (χ1n) is 11.9. The van der Waals surface area contributed by atoms with Crippen LogP contribution >= 0.6 is 11.3 Å². The number of pyridine rings is 1. The fraction of sp³-hybridized carbons (Fsp3) is 0.444. The van der Waals surface area contributed by atoms with Gasteiger partial charge in [-0.3, -0.25) is 14.7 Å². The van der Waals surface area contributed by atoms with Gasteiger partial charge in [-0.25, -0.2) is 9.37 Å². The van der Waals surface area contributed by atoms with E-state index in [1.54, 1.807) is 25.6 Å². The number of nitrogens with zero attached hydrogens (tertiary/aromatic N) is 3. The van der Waals surface area contributed by atoms with Crippen LogP contribution in [0.2, 0.25) is 0 Å². The van der Waals surface area contributed by atoms with Gasteiger partial charge >= 0.3 is 5.97 Å². The molecule has 2 aromatic heterocycles. The van der Waals surface area contributed by atoms with Gasteiger partial charge in [0.2, 0.25) is 0 Å². The molecule has 4 rings (SSSR count). The Morgan fingerprint density at radius 1 is 1.29 bits per heavy atom. The van der Waals surface area contributed by atoms with Crippen molar-refractivity contribution in [1.82, 2.24) is 14.9 Å². The Hall–Kier alpha value is -3.02. The van der Waals surface area contributed by atoms with Gasteiger partial charge in [0.1, 0.15) is 11.9 Å². The molecule has 0 bridgehead atoms. The van der Waals surface area contributed by atoms with Crippen molar-refractivity contribution >= 4 is 28.2 Å². The number of thiazole rings is 1. The Balaban J connectivity index is 1.39. The first kappa shape index (κ1) is 25.1. The van der Waals surface area contributed by atoms with Crippen molar-refractivity contribution in [2.75, 3.05) is 26.7 Å². The Labute approximate surface area is 209 Å². The Morgan fingerprint density at radius 2 is 2.17 bits per heavy atom. The summed E-state index contributed by atoms with van der Waals surface area (Å²) in [6, 6.07) is 7.26. The molecule has 1 aliphatic rings. The van der Waals surface area contributed by atoms with Crippen LogP contribution in [0, 0.1) is 23.7 Å². The third-order valence-electron chi connectivity index (χ3n) is 6.75. The number of halogens is 1. The predicted molar refractivity (Wildman–Crippen MR) is 135 cm³/mol. The molecule has 2 unspecified atom stereocenters. The topological polar surface area (TPSA) is 75.5 Å². The van der Waals surface area contributed by atoms with E-state index in [1.807, 2.05) is 23.6 Å². The molecule has 1 N–H and O–H groups in total. The van der Waals surface area contributed by atoms with Crippen molar-refractivity contribution in [2.24, 2.45) is 11.8 Å². The van der Waals surface area contributed by atoms with Crippen LogP contribution < -0.4 is 4.74 Å². The second-order valence-electron chi connectivity index (χ2n) is 8.94. The highest BCUT2D eigenvalue weighted by atomic mass is 32.1. The number of aromatic nitrogens is 2. The van der Waals surface area contributed by atoms with Crippen LogP contribution in [0.25, 0.3) is 10.9 Å². The summed E-state index contributed by atoms with van der Waals surface area (Å²) in [4.78, 5) is 22.1. The summed E-state index contributed by atoms with van der Waals surface area (Å²) in [6.45, 7) is 2.30. The summed E-state index contributed by atoms with van der Waals surface area (Å²) in [5.41, 5.74) is 1.38. The van der Waals surface area contributed by atoms with Gasteiger partial charge in [0.15, 0.2) is 5.01 Å². The lowest BCUT2D eigenvalue weighted by Crippen LogP contribution is -2.41. The number of carboxylic acid groups (broad SMARTS) is 1. The summed E-state index contributed by atoms with van der Waals surface area (Å²) in [5.74, 6) is 6.67. The molecule has 184 valence electrons. The third-order valence-corrected chi connectivity index (χ3v) is 7.43. The molecule has 0 amide bonds. The normalized spacial score (nSPS) is 19.1. The number of hydrogen-bond donors (Lipinski definition) is 1. The molecule has 0 radical (unpaired) electrons. The number of rotatable bonds is 9. The number of methoxy groups -OCH3 is 1. The van der Waals surface area contributed by atoms with Gasteiger partial charge in [-0.05, 0) is 79.8 Å². The van der Waals surface area contributed by atoms with Gasteiger partial charge in [-0.15, -0.1) is 11.3 Å². The second kappa shape index (κ2) is 12.1. The first-order chi connectivity index (χ1) is 17.0. The molecule has 0 saturated carbocycles. The zero-order valence-corrected chi connectivity index (χ0v) is 20.6. The van der Waals surface area contributed by atoms with Gasteiger partial charge in [-0.2, -0.15) is 0 Å². The van der Waals surface area contributed by atoms with E-state index in [0.29, 0.717) is 36.6 Å². The fourth-order valence-electron chi connectivity index (χ4n) is 4.89. The van der Waals surface area contributed by atoms with Gasteiger partial charge in [-0.1, -0.05) is 5.92 Å². The van der Waals surface area contributed by atoms with Gasteiger partial charge in [0.05, 0.1) is 19.2 Å². The van der Waals surface area contributed by atoms with Gasteiger partial charge < -0.3 is 9.84 Å². The van der Waals surface area contributed by atoms with Crippen molar-refractivity contribution in [1.29, 1.82) is 0 Å². The van der Waals surface area contributed by atoms with Crippen LogP contribution in [0.5, 0.6) is 5.75 Å². The zero-order valence-electron chi connectivity index (χ0n) is 19.8. The predicted octanol–water partition coefficient (Wildman–Crippen LogP) is 5.35. The molecular weight excluding hydrogens is 465 g/mol. The van der Waals surface area contributed by atoms with Crippen molar-refractivity contribution in [2.45, 2.75) is 38.3 Å². The molecular formula is C27H30FN3O3S. The van der Waals surface area contributed by atoms with Gasteiger partial charge in [0, 0.05) is 36.1 Å². The smallest absolute Gasteiger partial charge is 0.303 e. The molecule has 1 aliphatic heterocycles. The first-order valence-corrected chi connectivity index (χ1v) is 12.8. The molecule has 0 spiro atoms. The van der Waals surface area contributed by atoms with Gasteiger partial charge in [0.25, 0.3) is 0 Å². The molecule has 8 heteroatoms. The molecule has 0 aliphatic carbocycles. The average molecular weight is 496 g/mol. The maximum Gasteiger partial charge on any atom is 0.303 e. The summed E-state index contributed by atoms with van der Waals surface area (Å²) >= 11 is 1.52. The number of carboxylic acids is 1.